The number of ether oxygens (including phenoxy) is 1. The number of hydrogen-bond donors (Lipinski definition) is 1. The van der Waals surface area contributed by atoms with E-state index in [1.165, 1.54) is 0 Å². The normalized spacial score (nSPS) is 10.9. The van der Waals surface area contributed by atoms with Crippen molar-refractivity contribution >= 4 is 11.3 Å². The van der Waals surface area contributed by atoms with Gasteiger partial charge in [-0.1, -0.05) is 19.9 Å². The van der Waals surface area contributed by atoms with Gasteiger partial charge in [-0.3, -0.25) is 0 Å². The molecule has 4 heteroatoms. The molecule has 0 aromatic carbocycles. The average Bonchev–Trinajstić information content (AvgIpc) is 2.63. The maximum atomic E-state index is 5.31. The molecular formula is C11H18N2OS. The van der Waals surface area contributed by atoms with E-state index in [0.717, 1.165) is 17.2 Å². The predicted molar refractivity (Wildman–Crippen MR) is 63.9 cm³/mol. The molecule has 1 aromatic rings. The summed E-state index contributed by atoms with van der Waals surface area (Å²) in [7, 11) is 0. The molecule has 0 radical (unpaired) electrons. The van der Waals surface area contributed by atoms with Crippen LogP contribution in [0.5, 0.6) is 0 Å². The Balaban J connectivity index is 2.32. The summed E-state index contributed by atoms with van der Waals surface area (Å²) in [5, 5.41) is 6.49. The molecule has 0 amide bonds. The van der Waals surface area contributed by atoms with Crippen LogP contribution in [-0.2, 0) is 17.9 Å². The lowest BCUT2D eigenvalue weighted by Gasteiger charge is -2.04. The molecule has 0 saturated carbocycles. The number of aromatic nitrogens is 1. The van der Waals surface area contributed by atoms with Gasteiger partial charge in [0.2, 0.25) is 0 Å². The van der Waals surface area contributed by atoms with Gasteiger partial charge in [-0.25, -0.2) is 4.98 Å². The van der Waals surface area contributed by atoms with E-state index in [2.05, 4.69) is 30.7 Å². The van der Waals surface area contributed by atoms with Gasteiger partial charge in [0.05, 0.1) is 18.9 Å². The van der Waals surface area contributed by atoms with Crippen LogP contribution in [0.2, 0.25) is 0 Å². The molecule has 0 unspecified atom stereocenters. The van der Waals surface area contributed by atoms with Crippen LogP contribution in [0.4, 0.5) is 0 Å². The lowest BCUT2D eigenvalue weighted by atomic mass is 10.4. The third-order valence-corrected chi connectivity index (χ3v) is 2.64. The maximum absolute atomic E-state index is 5.31. The quantitative estimate of drug-likeness (QED) is 0.572. The number of nitrogens with zero attached hydrogens (tertiary/aromatic N) is 1. The summed E-state index contributed by atoms with van der Waals surface area (Å²) >= 11 is 1.67. The largest absolute Gasteiger partial charge is 0.371 e. The summed E-state index contributed by atoms with van der Waals surface area (Å²) < 4.78 is 5.31. The van der Waals surface area contributed by atoms with E-state index in [0.29, 0.717) is 19.3 Å². The first-order valence-electron chi connectivity index (χ1n) is 5.07. The molecule has 1 rings (SSSR count). The van der Waals surface area contributed by atoms with Crippen molar-refractivity contribution < 1.29 is 4.74 Å². The Morgan fingerprint density at radius 1 is 1.67 bits per heavy atom. The van der Waals surface area contributed by atoms with E-state index in [1.807, 2.05) is 5.38 Å². The van der Waals surface area contributed by atoms with E-state index in [4.69, 9.17) is 4.74 Å². The summed E-state index contributed by atoms with van der Waals surface area (Å²) in [6.45, 7) is 9.84. The summed E-state index contributed by atoms with van der Waals surface area (Å²) in [6.07, 6.45) is 1.74. The first-order chi connectivity index (χ1) is 7.22. The minimum absolute atomic E-state index is 0.495. The van der Waals surface area contributed by atoms with Gasteiger partial charge in [0.25, 0.3) is 0 Å². The molecule has 1 N–H and O–H groups in total. The Morgan fingerprint density at radius 3 is 3.13 bits per heavy atom. The van der Waals surface area contributed by atoms with Gasteiger partial charge in [-0.05, 0) is 0 Å². The highest BCUT2D eigenvalue weighted by Gasteiger charge is 2.02. The highest BCUT2D eigenvalue weighted by Crippen LogP contribution is 2.10. The van der Waals surface area contributed by atoms with Crippen LogP contribution in [-0.4, -0.2) is 17.6 Å². The number of nitrogens with one attached hydrogen (secondary N) is 1. The molecule has 1 heterocycles. The molecule has 1 aromatic heterocycles. The third-order valence-electron chi connectivity index (χ3n) is 1.75. The van der Waals surface area contributed by atoms with Crippen LogP contribution in [0.15, 0.2) is 18.0 Å². The standard InChI is InChI=1S/C11H18N2OS/c1-4-5-14-7-10-8-15-11(13-10)6-12-9(2)3/h4,8-9,12H,1,5-7H2,2-3H3. The molecule has 15 heavy (non-hydrogen) atoms. The first kappa shape index (κ1) is 12.4. The van der Waals surface area contributed by atoms with Crippen LogP contribution in [0.25, 0.3) is 0 Å². The van der Waals surface area contributed by atoms with Crippen LogP contribution in [0.3, 0.4) is 0 Å². The second-order valence-electron chi connectivity index (χ2n) is 3.57. The van der Waals surface area contributed by atoms with Gasteiger partial charge in [-0.15, -0.1) is 17.9 Å². The smallest absolute Gasteiger partial charge is 0.107 e. The van der Waals surface area contributed by atoms with Crippen molar-refractivity contribution in [2.45, 2.75) is 33.0 Å². The average molecular weight is 226 g/mol. The second-order valence-corrected chi connectivity index (χ2v) is 4.51. The molecule has 84 valence electrons. The van der Waals surface area contributed by atoms with Crippen molar-refractivity contribution in [1.29, 1.82) is 0 Å². The minimum Gasteiger partial charge on any atom is -0.371 e. The van der Waals surface area contributed by atoms with Gasteiger partial charge >= 0.3 is 0 Å². The SMILES string of the molecule is C=CCOCc1csc(CNC(C)C)n1. The van der Waals surface area contributed by atoms with Gasteiger partial charge in [0.15, 0.2) is 0 Å². The zero-order chi connectivity index (χ0) is 11.1. The van der Waals surface area contributed by atoms with E-state index >= 15 is 0 Å². The minimum atomic E-state index is 0.495. The summed E-state index contributed by atoms with van der Waals surface area (Å²) in [4.78, 5) is 4.45. The molecule has 0 spiro atoms. The zero-order valence-electron chi connectivity index (χ0n) is 9.32. The number of thiazole rings is 1. The van der Waals surface area contributed by atoms with Crippen molar-refractivity contribution in [3.05, 3.63) is 28.7 Å². The van der Waals surface area contributed by atoms with Crippen molar-refractivity contribution in [1.82, 2.24) is 10.3 Å². The molecule has 0 saturated heterocycles. The fourth-order valence-electron chi connectivity index (χ4n) is 1.03. The Morgan fingerprint density at radius 2 is 2.47 bits per heavy atom. The molecule has 0 atom stereocenters. The van der Waals surface area contributed by atoms with E-state index in [-0.39, 0.29) is 0 Å². The van der Waals surface area contributed by atoms with Gasteiger partial charge in [-0.2, -0.15) is 0 Å². The maximum Gasteiger partial charge on any atom is 0.107 e. The molecule has 0 aliphatic rings. The van der Waals surface area contributed by atoms with Crippen molar-refractivity contribution in [2.75, 3.05) is 6.61 Å². The summed E-state index contributed by atoms with van der Waals surface area (Å²) in [6, 6.07) is 0.495. The first-order valence-corrected chi connectivity index (χ1v) is 5.95. The second kappa shape index (κ2) is 6.71. The lowest BCUT2D eigenvalue weighted by molar-refractivity contribution is 0.146. The van der Waals surface area contributed by atoms with Gasteiger partial charge < -0.3 is 10.1 Å². The van der Waals surface area contributed by atoms with Crippen LogP contribution in [0.1, 0.15) is 24.5 Å². The molecule has 0 aliphatic carbocycles. The van der Waals surface area contributed by atoms with E-state index in [9.17, 15) is 0 Å². The molecule has 0 aliphatic heterocycles. The number of hydrogen-bond acceptors (Lipinski definition) is 4. The Kier molecular flexibility index (Phi) is 5.53. The number of rotatable bonds is 7. The molecular weight excluding hydrogens is 208 g/mol. The summed E-state index contributed by atoms with van der Waals surface area (Å²) in [5.74, 6) is 0. The predicted octanol–water partition coefficient (Wildman–Crippen LogP) is 2.34. The van der Waals surface area contributed by atoms with Crippen LogP contribution >= 0.6 is 11.3 Å². The molecule has 0 bridgehead atoms. The topological polar surface area (TPSA) is 34.1 Å². The highest BCUT2D eigenvalue weighted by atomic mass is 32.1. The van der Waals surface area contributed by atoms with E-state index in [1.54, 1.807) is 17.4 Å². The Labute approximate surface area is 95.2 Å². The fourth-order valence-corrected chi connectivity index (χ4v) is 1.76. The molecule has 3 nitrogen and oxygen atoms in total. The molecule has 0 fully saturated rings. The monoisotopic (exact) mass is 226 g/mol. The fraction of sp³-hybridized carbons (Fsp3) is 0.545. The van der Waals surface area contributed by atoms with Gasteiger partial charge in [0, 0.05) is 18.0 Å². The third kappa shape index (κ3) is 5.06. The van der Waals surface area contributed by atoms with Crippen molar-refractivity contribution in [3.8, 4) is 0 Å². The lowest BCUT2D eigenvalue weighted by Crippen LogP contribution is -2.21. The Bertz CT molecular complexity index is 297. The summed E-state index contributed by atoms with van der Waals surface area (Å²) in [5.41, 5.74) is 1.00. The zero-order valence-corrected chi connectivity index (χ0v) is 10.1. The van der Waals surface area contributed by atoms with Crippen molar-refractivity contribution in [2.24, 2.45) is 0 Å². The van der Waals surface area contributed by atoms with Gasteiger partial charge in [0.1, 0.15) is 5.01 Å². The highest BCUT2D eigenvalue weighted by molar-refractivity contribution is 7.09. The van der Waals surface area contributed by atoms with Crippen molar-refractivity contribution in [3.63, 3.8) is 0 Å². The van der Waals surface area contributed by atoms with Crippen LogP contribution < -0.4 is 5.32 Å². The Hall–Kier alpha value is -0.710. The van der Waals surface area contributed by atoms with E-state index < -0.39 is 0 Å². The van der Waals surface area contributed by atoms with Crippen LogP contribution in [0, 0.1) is 0 Å².